The van der Waals surface area contributed by atoms with Crippen molar-refractivity contribution in [3.05, 3.63) is 23.6 Å². The molecule has 0 atom stereocenters. The van der Waals surface area contributed by atoms with Gasteiger partial charge in [0.2, 0.25) is 0 Å². The average molecular weight is 198 g/mol. The van der Waals surface area contributed by atoms with E-state index in [-0.39, 0.29) is 24.4 Å². The lowest BCUT2D eigenvalue weighted by atomic mass is 10.2. The van der Waals surface area contributed by atoms with Crippen LogP contribution >= 0.6 is 0 Å². The van der Waals surface area contributed by atoms with Gasteiger partial charge in [-0.1, -0.05) is 0 Å². The Morgan fingerprint density at radius 2 is 2.43 bits per heavy atom. The molecule has 76 valence electrons. The van der Waals surface area contributed by atoms with E-state index in [4.69, 9.17) is 5.73 Å². The van der Waals surface area contributed by atoms with Gasteiger partial charge in [0.25, 0.3) is 0 Å². The van der Waals surface area contributed by atoms with Crippen molar-refractivity contribution in [3.63, 3.8) is 0 Å². The van der Waals surface area contributed by atoms with Gasteiger partial charge in [-0.05, 0) is 13.0 Å². The van der Waals surface area contributed by atoms with Crippen molar-refractivity contribution in [2.75, 3.05) is 12.3 Å². The van der Waals surface area contributed by atoms with Crippen molar-refractivity contribution < 1.29 is 13.9 Å². The number of hydrogen-bond acceptors (Lipinski definition) is 4. The molecule has 0 amide bonds. The zero-order valence-electron chi connectivity index (χ0n) is 7.79. The molecule has 0 fully saturated rings. The van der Waals surface area contributed by atoms with E-state index in [1.54, 1.807) is 6.92 Å². The number of pyridine rings is 1. The fourth-order valence-electron chi connectivity index (χ4n) is 1.01. The van der Waals surface area contributed by atoms with Crippen LogP contribution in [0.2, 0.25) is 0 Å². The van der Waals surface area contributed by atoms with E-state index in [2.05, 4.69) is 9.72 Å². The summed E-state index contributed by atoms with van der Waals surface area (Å²) < 4.78 is 17.9. The first-order valence-electron chi connectivity index (χ1n) is 4.19. The van der Waals surface area contributed by atoms with E-state index < -0.39 is 11.8 Å². The molecule has 2 N–H and O–H groups in total. The summed E-state index contributed by atoms with van der Waals surface area (Å²) in [4.78, 5) is 14.6. The Morgan fingerprint density at radius 1 is 1.71 bits per heavy atom. The number of esters is 1. The molecule has 5 heteroatoms. The summed E-state index contributed by atoms with van der Waals surface area (Å²) in [5, 5.41) is 0. The first-order chi connectivity index (χ1) is 6.65. The zero-order chi connectivity index (χ0) is 10.6. The molecule has 0 aliphatic carbocycles. The summed E-state index contributed by atoms with van der Waals surface area (Å²) in [5.74, 6) is -1.33. The summed E-state index contributed by atoms with van der Waals surface area (Å²) in [6, 6.07) is 1.41. The van der Waals surface area contributed by atoms with Gasteiger partial charge in [0.1, 0.15) is 0 Å². The summed E-state index contributed by atoms with van der Waals surface area (Å²) in [7, 11) is 0. The predicted molar refractivity (Wildman–Crippen MR) is 48.9 cm³/mol. The largest absolute Gasteiger partial charge is 0.466 e. The molecule has 0 aromatic carbocycles. The van der Waals surface area contributed by atoms with Gasteiger partial charge in [-0.2, -0.15) is 0 Å². The van der Waals surface area contributed by atoms with Crippen LogP contribution in [0.5, 0.6) is 0 Å². The molecule has 0 aliphatic rings. The zero-order valence-corrected chi connectivity index (χ0v) is 7.79. The van der Waals surface area contributed by atoms with E-state index in [1.165, 1.54) is 12.3 Å². The number of anilines is 1. The SMILES string of the molecule is CCOC(=O)Cc1ccnc(N)c1F. The molecule has 0 bridgehead atoms. The first-order valence-corrected chi connectivity index (χ1v) is 4.19. The summed E-state index contributed by atoms with van der Waals surface area (Å²) in [6.07, 6.45) is 1.24. The smallest absolute Gasteiger partial charge is 0.310 e. The molecule has 0 unspecified atom stereocenters. The Bertz CT molecular complexity index is 342. The monoisotopic (exact) mass is 198 g/mol. The lowest BCUT2D eigenvalue weighted by Gasteiger charge is -2.03. The van der Waals surface area contributed by atoms with Crippen molar-refractivity contribution in [1.29, 1.82) is 0 Å². The topological polar surface area (TPSA) is 65.2 Å². The highest BCUT2D eigenvalue weighted by Crippen LogP contribution is 2.12. The fourth-order valence-corrected chi connectivity index (χ4v) is 1.01. The normalized spacial score (nSPS) is 9.86. The molecule has 1 rings (SSSR count). The van der Waals surface area contributed by atoms with E-state index in [1.807, 2.05) is 0 Å². The molecule has 4 nitrogen and oxygen atoms in total. The molecule has 1 aromatic rings. The van der Waals surface area contributed by atoms with Crippen LogP contribution in [-0.4, -0.2) is 17.6 Å². The Morgan fingerprint density at radius 3 is 3.07 bits per heavy atom. The Hall–Kier alpha value is -1.65. The van der Waals surface area contributed by atoms with Crippen LogP contribution in [0.15, 0.2) is 12.3 Å². The minimum atomic E-state index is -0.652. The maximum Gasteiger partial charge on any atom is 0.310 e. The number of hydrogen-bond donors (Lipinski definition) is 1. The molecule has 0 saturated heterocycles. The highest BCUT2D eigenvalue weighted by Gasteiger charge is 2.11. The van der Waals surface area contributed by atoms with Crippen molar-refractivity contribution in [3.8, 4) is 0 Å². The molecule has 0 spiro atoms. The van der Waals surface area contributed by atoms with E-state index in [9.17, 15) is 9.18 Å². The molecular weight excluding hydrogens is 187 g/mol. The maximum atomic E-state index is 13.2. The van der Waals surface area contributed by atoms with Crippen molar-refractivity contribution >= 4 is 11.8 Å². The van der Waals surface area contributed by atoms with Crippen LogP contribution in [0, 0.1) is 5.82 Å². The number of nitrogens with two attached hydrogens (primary N) is 1. The fraction of sp³-hybridized carbons (Fsp3) is 0.333. The van der Waals surface area contributed by atoms with E-state index in [0.29, 0.717) is 0 Å². The number of aromatic nitrogens is 1. The van der Waals surface area contributed by atoms with Crippen LogP contribution in [-0.2, 0) is 16.0 Å². The van der Waals surface area contributed by atoms with Gasteiger partial charge in [0.15, 0.2) is 11.6 Å². The summed E-state index contributed by atoms with van der Waals surface area (Å²) >= 11 is 0. The van der Waals surface area contributed by atoms with Crippen LogP contribution in [0.4, 0.5) is 10.2 Å². The third-order valence-corrected chi connectivity index (χ3v) is 1.64. The van der Waals surface area contributed by atoms with Gasteiger partial charge in [-0.3, -0.25) is 4.79 Å². The highest BCUT2D eigenvalue weighted by molar-refractivity contribution is 5.72. The first kappa shape index (κ1) is 10.4. The second-order valence-electron chi connectivity index (χ2n) is 2.65. The molecule has 14 heavy (non-hydrogen) atoms. The Balaban J connectivity index is 2.76. The molecule has 1 heterocycles. The van der Waals surface area contributed by atoms with Crippen LogP contribution in [0.25, 0.3) is 0 Å². The molecule has 1 aromatic heterocycles. The Labute approximate surface area is 80.9 Å². The van der Waals surface area contributed by atoms with Gasteiger partial charge in [-0.15, -0.1) is 0 Å². The number of halogens is 1. The molecule has 0 saturated carbocycles. The quantitative estimate of drug-likeness (QED) is 0.733. The number of nitrogens with zero attached hydrogens (tertiary/aromatic N) is 1. The standard InChI is InChI=1S/C9H11FN2O2/c1-2-14-7(13)5-6-3-4-12-9(11)8(6)10/h3-4H,2,5H2,1H3,(H2,11,12). The second-order valence-corrected chi connectivity index (χ2v) is 2.65. The minimum Gasteiger partial charge on any atom is -0.466 e. The number of carbonyl (C=O) groups excluding carboxylic acids is 1. The molecule has 0 aliphatic heterocycles. The highest BCUT2D eigenvalue weighted by atomic mass is 19.1. The molecular formula is C9H11FN2O2. The number of ether oxygens (including phenoxy) is 1. The van der Waals surface area contributed by atoms with Crippen molar-refractivity contribution in [2.45, 2.75) is 13.3 Å². The van der Waals surface area contributed by atoms with Crippen LogP contribution < -0.4 is 5.73 Å². The van der Waals surface area contributed by atoms with Crippen molar-refractivity contribution in [1.82, 2.24) is 4.98 Å². The van der Waals surface area contributed by atoms with Crippen LogP contribution in [0.1, 0.15) is 12.5 Å². The van der Waals surface area contributed by atoms with E-state index in [0.717, 1.165) is 0 Å². The maximum absolute atomic E-state index is 13.2. The second kappa shape index (κ2) is 4.55. The third-order valence-electron chi connectivity index (χ3n) is 1.64. The lowest BCUT2D eigenvalue weighted by molar-refractivity contribution is -0.142. The van der Waals surface area contributed by atoms with Gasteiger partial charge in [0.05, 0.1) is 13.0 Å². The van der Waals surface area contributed by atoms with E-state index >= 15 is 0 Å². The van der Waals surface area contributed by atoms with Gasteiger partial charge >= 0.3 is 5.97 Å². The number of nitrogen functional groups attached to an aromatic ring is 1. The van der Waals surface area contributed by atoms with Crippen LogP contribution in [0.3, 0.4) is 0 Å². The summed E-state index contributed by atoms with van der Waals surface area (Å²) in [5.41, 5.74) is 5.44. The number of rotatable bonds is 3. The summed E-state index contributed by atoms with van der Waals surface area (Å²) in [6.45, 7) is 1.97. The van der Waals surface area contributed by atoms with Gasteiger partial charge in [0, 0.05) is 11.8 Å². The lowest BCUT2D eigenvalue weighted by Crippen LogP contribution is -2.10. The van der Waals surface area contributed by atoms with Crippen molar-refractivity contribution in [2.24, 2.45) is 0 Å². The minimum absolute atomic E-state index is 0.119. The number of carbonyl (C=O) groups is 1. The predicted octanol–water partition coefficient (Wildman–Crippen LogP) is 0.909. The van der Waals surface area contributed by atoms with Gasteiger partial charge < -0.3 is 10.5 Å². The average Bonchev–Trinajstić information content (AvgIpc) is 2.13. The Kier molecular flexibility index (Phi) is 3.39. The molecule has 0 radical (unpaired) electrons. The van der Waals surface area contributed by atoms with Gasteiger partial charge in [-0.25, -0.2) is 9.37 Å². The third kappa shape index (κ3) is 2.42.